The number of aromatic nitrogens is 2. The Hall–Kier alpha value is -3.59. The zero-order chi connectivity index (χ0) is 27.8. The molecule has 0 bridgehead atoms. The number of benzene rings is 2. The van der Waals surface area contributed by atoms with Gasteiger partial charge in [0, 0.05) is 47.1 Å². The number of hydrogen-bond acceptors (Lipinski definition) is 5. The topological polar surface area (TPSA) is 54.8 Å². The molecule has 0 saturated carbocycles. The highest BCUT2D eigenvalue weighted by Crippen LogP contribution is 2.44. The van der Waals surface area contributed by atoms with Gasteiger partial charge in [-0.15, -0.1) is 0 Å². The molecule has 2 atom stereocenters. The molecule has 2 aliphatic heterocycles. The van der Waals surface area contributed by atoms with Gasteiger partial charge in [0.1, 0.15) is 5.75 Å². The fourth-order valence-electron chi connectivity index (χ4n) is 5.89. The predicted octanol–water partition coefficient (Wildman–Crippen LogP) is 6.16. The summed E-state index contributed by atoms with van der Waals surface area (Å²) in [7, 11) is 1.68. The molecule has 2 aromatic carbocycles. The van der Waals surface area contributed by atoms with E-state index >= 15 is 0 Å². The van der Waals surface area contributed by atoms with Gasteiger partial charge in [0.2, 0.25) is 0 Å². The number of nitrogens with zero attached hydrogens (tertiary/aromatic N) is 4. The van der Waals surface area contributed by atoms with Crippen LogP contribution in [0.1, 0.15) is 34.7 Å². The van der Waals surface area contributed by atoms with Crippen molar-refractivity contribution in [3.63, 3.8) is 0 Å². The number of nitrogens with one attached hydrogen (secondary N) is 1. The van der Waals surface area contributed by atoms with Crippen LogP contribution in [0.2, 0.25) is 5.02 Å². The molecule has 206 valence electrons. The van der Waals surface area contributed by atoms with E-state index < -0.39 is 0 Å². The van der Waals surface area contributed by atoms with Crippen LogP contribution < -0.4 is 19.9 Å². The molecule has 9 heteroatoms. The number of pyridine rings is 1. The molecule has 6 rings (SSSR count). The second-order valence-corrected chi connectivity index (χ2v) is 10.9. The Morgan fingerprint density at radius 2 is 1.75 bits per heavy atom. The van der Waals surface area contributed by atoms with Crippen molar-refractivity contribution < 1.29 is 9.47 Å². The number of morpholine rings is 1. The number of ether oxygens (including phenoxy) is 2. The largest absolute Gasteiger partial charge is 0.495 e. The highest BCUT2D eigenvalue weighted by molar-refractivity contribution is 7.80. The van der Waals surface area contributed by atoms with Crippen LogP contribution in [0, 0.1) is 13.8 Å². The summed E-state index contributed by atoms with van der Waals surface area (Å²) in [6.07, 6.45) is 1.83. The van der Waals surface area contributed by atoms with Crippen LogP contribution in [0.3, 0.4) is 0 Å². The van der Waals surface area contributed by atoms with E-state index in [1.54, 1.807) is 7.11 Å². The van der Waals surface area contributed by atoms with Crippen LogP contribution in [0.5, 0.6) is 5.75 Å². The summed E-state index contributed by atoms with van der Waals surface area (Å²) in [5, 5.41) is 4.91. The van der Waals surface area contributed by atoms with Gasteiger partial charge >= 0.3 is 0 Å². The van der Waals surface area contributed by atoms with Gasteiger partial charge in [0.05, 0.1) is 43.8 Å². The molecule has 0 radical (unpaired) electrons. The van der Waals surface area contributed by atoms with E-state index in [9.17, 15) is 0 Å². The van der Waals surface area contributed by atoms with Crippen molar-refractivity contribution in [3.8, 4) is 11.4 Å². The Kier molecular flexibility index (Phi) is 7.40. The lowest BCUT2D eigenvalue weighted by Gasteiger charge is -2.31. The van der Waals surface area contributed by atoms with Crippen molar-refractivity contribution in [1.29, 1.82) is 0 Å². The molecule has 4 heterocycles. The lowest BCUT2D eigenvalue weighted by atomic mass is 9.96. The van der Waals surface area contributed by atoms with Crippen LogP contribution in [0.25, 0.3) is 5.69 Å². The van der Waals surface area contributed by atoms with E-state index in [-0.39, 0.29) is 12.1 Å². The third kappa shape index (κ3) is 4.80. The van der Waals surface area contributed by atoms with E-state index in [1.807, 2.05) is 36.5 Å². The number of methoxy groups -OCH3 is 1. The van der Waals surface area contributed by atoms with Crippen LogP contribution in [-0.4, -0.2) is 48.1 Å². The molecular formula is C31H32ClN5O2S. The average Bonchev–Trinajstić information content (AvgIpc) is 3.48. The molecule has 40 heavy (non-hydrogen) atoms. The lowest BCUT2D eigenvalue weighted by Crippen LogP contribution is -2.36. The predicted molar refractivity (Wildman–Crippen MR) is 164 cm³/mol. The monoisotopic (exact) mass is 573 g/mol. The van der Waals surface area contributed by atoms with Crippen LogP contribution in [0.4, 0.5) is 11.4 Å². The minimum absolute atomic E-state index is 0.123. The van der Waals surface area contributed by atoms with Gasteiger partial charge < -0.3 is 29.2 Å². The second kappa shape index (κ2) is 11.1. The first-order valence-corrected chi connectivity index (χ1v) is 14.2. The van der Waals surface area contributed by atoms with E-state index in [4.69, 9.17) is 38.3 Å². The Morgan fingerprint density at radius 3 is 2.45 bits per heavy atom. The number of hydrogen-bond donors (Lipinski definition) is 1. The first-order valence-electron chi connectivity index (χ1n) is 13.4. The molecule has 0 aliphatic carbocycles. The molecular weight excluding hydrogens is 542 g/mol. The Morgan fingerprint density at radius 1 is 1.00 bits per heavy atom. The van der Waals surface area contributed by atoms with E-state index in [1.165, 1.54) is 5.69 Å². The highest BCUT2D eigenvalue weighted by atomic mass is 35.5. The summed E-state index contributed by atoms with van der Waals surface area (Å²) < 4.78 is 13.5. The van der Waals surface area contributed by atoms with Gasteiger partial charge in [-0.1, -0.05) is 17.7 Å². The SMILES string of the molecule is COc1ccc(Cl)cc1-n1c(C)cc([C@@H]2[C@@H](c3ccccn3)NC(=S)N2c2ccc(N3CCOCC3)cc2)c1C. The quantitative estimate of drug-likeness (QED) is 0.277. The summed E-state index contributed by atoms with van der Waals surface area (Å²) in [5.41, 5.74) is 7.38. The minimum Gasteiger partial charge on any atom is -0.495 e. The number of anilines is 2. The molecule has 2 aliphatic rings. The summed E-state index contributed by atoms with van der Waals surface area (Å²) in [6, 6.07) is 22.3. The first kappa shape index (κ1) is 26.6. The van der Waals surface area contributed by atoms with E-state index in [2.05, 4.69) is 69.9 Å². The standard InChI is InChI=1S/C31H32ClN5O2S/c1-20-18-25(21(2)36(20)27-19-22(32)7-12-28(27)38-3)30-29(26-6-4-5-13-33-26)34-31(40)37(30)24-10-8-23(9-11-24)35-14-16-39-17-15-35/h4-13,18-19,29-30H,14-17H2,1-3H3,(H,34,40)/t29-,30-/m1/s1. The van der Waals surface area contributed by atoms with Gasteiger partial charge in [0.15, 0.2) is 5.11 Å². The third-order valence-corrected chi connectivity index (χ3v) is 8.32. The molecule has 7 nitrogen and oxygen atoms in total. The van der Waals surface area contributed by atoms with Crippen molar-refractivity contribution in [1.82, 2.24) is 14.9 Å². The molecule has 4 aromatic rings. The maximum Gasteiger partial charge on any atom is 0.174 e. The summed E-state index contributed by atoms with van der Waals surface area (Å²) in [6.45, 7) is 7.54. The summed E-state index contributed by atoms with van der Waals surface area (Å²) in [4.78, 5) is 9.30. The zero-order valence-electron chi connectivity index (χ0n) is 22.8. The Labute approximate surface area is 245 Å². The van der Waals surface area contributed by atoms with Crippen molar-refractivity contribution >= 4 is 40.3 Å². The van der Waals surface area contributed by atoms with E-state index in [0.29, 0.717) is 10.1 Å². The number of thiocarbonyl (C=S) groups is 1. The fourth-order valence-corrected chi connectivity index (χ4v) is 6.40. The third-order valence-electron chi connectivity index (χ3n) is 7.77. The first-order chi connectivity index (χ1) is 19.5. The number of rotatable bonds is 6. The fraction of sp³-hybridized carbons (Fsp3) is 0.290. The molecule has 2 saturated heterocycles. The smallest absolute Gasteiger partial charge is 0.174 e. The van der Waals surface area contributed by atoms with Gasteiger partial charge in [-0.05, 0) is 92.3 Å². The maximum absolute atomic E-state index is 6.43. The molecule has 0 spiro atoms. The molecule has 2 aromatic heterocycles. The molecule has 2 fully saturated rings. The van der Waals surface area contributed by atoms with Crippen LogP contribution >= 0.6 is 23.8 Å². The van der Waals surface area contributed by atoms with Crippen LogP contribution in [0.15, 0.2) is 72.9 Å². The summed E-state index contributed by atoms with van der Waals surface area (Å²) in [5.74, 6) is 0.759. The number of aryl methyl sites for hydroxylation is 1. The Bertz CT molecular complexity index is 1520. The maximum atomic E-state index is 6.43. The van der Waals surface area contributed by atoms with Crippen molar-refractivity contribution in [3.05, 3.63) is 101 Å². The normalized spacial score (nSPS) is 19.1. The molecule has 1 N–H and O–H groups in total. The van der Waals surface area contributed by atoms with Gasteiger partial charge in [-0.25, -0.2) is 0 Å². The van der Waals surface area contributed by atoms with Crippen LogP contribution in [-0.2, 0) is 4.74 Å². The minimum atomic E-state index is -0.136. The van der Waals surface area contributed by atoms with Crippen molar-refractivity contribution in [2.75, 3.05) is 43.2 Å². The van der Waals surface area contributed by atoms with Gasteiger partial charge in [-0.3, -0.25) is 4.98 Å². The molecule has 0 unspecified atom stereocenters. The highest BCUT2D eigenvalue weighted by Gasteiger charge is 2.42. The zero-order valence-corrected chi connectivity index (χ0v) is 24.4. The average molecular weight is 574 g/mol. The summed E-state index contributed by atoms with van der Waals surface area (Å²) >= 11 is 12.4. The van der Waals surface area contributed by atoms with Gasteiger partial charge in [-0.2, -0.15) is 0 Å². The van der Waals surface area contributed by atoms with Crippen molar-refractivity contribution in [2.45, 2.75) is 25.9 Å². The van der Waals surface area contributed by atoms with E-state index in [0.717, 1.165) is 66.1 Å². The Balaban J connectivity index is 1.45. The number of halogens is 1. The van der Waals surface area contributed by atoms with Crippen molar-refractivity contribution in [2.24, 2.45) is 0 Å². The molecule has 0 amide bonds. The van der Waals surface area contributed by atoms with Gasteiger partial charge in [0.25, 0.3) is 0 Å². The second-order valence-electron chi connectivity index (χ2n) is 10.1. The lowest BCUT2D eigenvalue weighted by molar-refractivity contribution is 0.122.